The highest BCUT2D eigenvalue weighted by molar-refractivity contribution is 7.73. The average molecular weight is 406 g/mol. The van der Waals surface area contributed by atoms with Gasteiger partial charge in [0.1, 0.15) is 0 Å². The summed E-state index contributed by atoms with van der Waals surface area (Å²) in [5, 5.41) is 3.86. The highest BCUT2D eigenvalue weighted by Gasteiger charge is 2.41. The number of nitrogens with zero attached hydrogens (tertiary/aromatic N) is 3. The summed E-state index contributed by atoms with van der Waals surface area (Å²) in [5.41, 5.74) is 1.12. The Morgan fingerprint density at radius 2 is 1.48 bits per heavy atom. The predicted molar refractivity (Wildman–Crippen MR) is 127 cm³/mol. The van der Waals surface area contributed by atoms with Crippen molar-refractivity contribution < 1.29 is 0 Å². The van der Waals surface area contributed by atoms with Gasteiger partial charge in [-0.15, -0.1) is 0 Å². The molecule has 0 radical (unpaired) electrons. The predicted octanol–water partition coefficient (Wildman–Crippen LogP) is 6.98. The summed E-state index contributed by atoms with van der Waals surface area (Å²) in [6.45, 7) is 9.38. The maximum Gasteiger partial charge on any atom is 0.0721 e. The molecule has 0 unspecified atom stereocenters. The minimum absolute atomic E-state index is 0.0235. The molecule has 1 aliphatic heterocycles. The van der Waals surface area contributed by atoms with Gasteiger partial charge in [0.2, 0.25) is 0 Å². The van der Waals surface area contributed by atoms with Crippen LogP contribution in [0.5, 0.6) is 0 Å². The third kappa shape index (κ3) is 3.91. The molecule has 3 aromatic rings. The molecule has 2 aromatic carbocycles. The first-order valence-electron chi connectivity index (χ1n) is 10.8. The molecule has 4 heteroatoms. The molecule has 0 spiro atoms. The fourth-order valence-corrected chi connectivity index (χ4v) is 8.98. The van der Waals surface area contributed by atoms with E-state index in [-0.39, 0.29) is 5.16 Å². The molecule has 1 atom stereocenters. The van der Waals surface area contributed by atoms with E-state index < -0.39 is 7.21 Å². The van der Waals surface area contributed by atoms with E-state index in [1.807, 2.05) is 12.4 Å². The number of benzene rings is 2. The van der Waals surface area contributed by atoms with E-state index in [9.17, 15) is 0 Å². The summed E-state index contributed by atoms with van der Waals surface area (Å²) in [6.07, 6.45) is 9.04. The van der Waals surface area contributed by atoms with Gasteiger partial charge in [0.05, 0.1) is 12.9 Å². The Labute approximate surface area is 175 Å². The van der Waals surface area contributed by atoms with Gasteiger partial charge in [-0.1, -0.05) is 70.0 Å². The second-order valence-electron chi connectivity index (χ2n) is 8.94. The van der Waals surface area contributed by atoms with E-state index >= 15 is 0 Å². The molecule has 152 valence electrons. The molecule has 0 amide bonds. The maximum atomic E-state index is 5.73. The zero-order chi connectivity index (χ0) is 20.3. The second-order valence-corrected chi connectivity index (χ2v) is 12.8. The Hall–Kier alpha value is -1.96. The fourth-order valence-electron chi connectivity index (χ4n) is 4.59. The van der Waals surface area contributed by atoms with Crippen LogP contribution in [0.25, 0.3) is 10.8 Å². The van der Waals surface area contributed by atoms with Crippen molar-refractivity contribution in [2.75, 3.05) is 13.1 Å². The van der Waals surface area contributed by atoms with Crippen molar-refractivity contribution in [3.05, 3.63) is 67.0 Å². The fraction of sp³-hybridized carbons (Fsp3) is 0.400. The first-order chi connectivity index (χ1) is 14.0. The molecule has 1 aromatic heterocycles. The summed E-state index contributed by atoms with van der Waals surface area (Å²) < 4.78 is 8.48. The number of fused-ring (bicyclic) bond motifs is 1. The van der Waals surface area contributed by atoms with E-state index in [1.165, 1.54) is 41.8 Å². The highest BCUT2D eigenvalue weighted by Crippen LogP contribution is 2.64. The standard InChI is InChI=1S/C25H32N3P/c1-25(2,3)29(22-15-17-26-18-16-22,28-19-8-4-5-9-20-28)27-24-14-10-12-21-11-6-7-13-23(21)24/h6-7,10-18H,4-5,8-9,19-20H2,1-3H3/t29-/m1/s1. The SMILES string of the molecule is CC(C)(C)[P@@](=Nc1cccc2ccccc12)(c1ccncc1)N1CCCCCC1. The normalized spacial score (nSPS) is 18.2. The maximum absolute atomic E-state index is 5.73. The molecule has 0 bridgehead atoms. The van der Waals surface area contributed by atoms with Gasteiger partial charge in [0, 0.05) is 41.3 Å². The third-order valence-corrected chi connectivity index (χ3v) is 10.6. The van der Waals surface area contributed by atoms with Gasteiger partial charge < -0.3 is 0 Å². The van der Waals surface area contributed by atoms with E-state index in [0.717, 1.165) is 18.8 Å². The molecule has 0 N–H and O–H groups in total. The van der Waals surface area contributed by atoms with Gasteiger partial charge >= 0.3 is 0 Å². The van der Waals surface area contributed by atoms with Gasteiger partial charge in [0.25, 0.3) is 0 Å². The number of hydrogen-bond donors (Lipinski definition) is 0. The molecule has 4 rings (SSSR count). The monoisotopic (exact) mass is 405 g/mol. The molecule has 1 fully saturated rings. The number of hydrogen-bond acceptors (Lipinski definition) is 2. The van der Waals surface area contributed by atoms with Gasteiger partial charge in [0.15, 0.2) is 0 Å². The van der Waals surface area contributed by atoms with Crippen molar-refractivity contribution in [3.8, 4) is 0 Å². The largest absolute Gasteiger partial charge is 0.265 e. The Balaban J connectivity index is 2.04. The lowest BCUT2D eigenvalue weighted by Gasteiger charge is -2.45. The molecule has 0 aliphatic carbocycles. The minimum Gasteiger partial charge on any atom is -0.265 e. The smallest absolute Gasteiger partial charge is 0.0721 e. The van der Waals surface area contributed by atoms with Crippen LogP contribution < -0.4 is 5.30 Å². The Morgan fingerprint density at radius 3 is 2.17 bits per heavy atom. The molecule has 3 nitrogen and oxygen atoms in total. The second kappa shape index (κ2) is 8.42. The molecule has 1 saturated heterocycles. The van der Waals surface area contributed by atoms with Crippen molar-refractivity contribution in [1.29, 1.82) is 0 Å². The van der Waals surface area contributed by atoms with E-state index in [2.05, 4.69) is 85.0 Å². The summed E-state index contributed by atoms with van der Waals surface area (Å²) >= 11 is 0. The van der Waals surface area contributed by atoms with Crippen molar-refractivity contribution in [3.63, 3.8) is 0 Å². The summed E-state index contributed by atoms with van der Waals surface area (Å²) in [4.78, 5) is 4.32. The lowest BCUT2D eigenvalue weighted by Crippen LogP contribution is -2.37. The van der Waals surface area contributed by atoms with Crippen LogP contribution in [0.2, 0.25) is 0 Å². The quantitative estimate of drug-likeness (QED) is 0.440. The number of pyridine rings is 1. The summed E-state index contributed by atoms with van der Waals surface area (Å²) in [7, 11) is -2.04. The van der Waals surface area contributed by atoms with E-state index in [4.69, 9.17) is 4.74 Å². The Kier molecular flexibility index (Phi) is 5.90. The van der Waals surface area contributed by atoms with Crippen LogP contribution in [0.1, 0.15) is 46.5 Å². The van der Waals surface area contributed by atoms with Crippen LogP contribution in [0.4, 0.5) is 5.69 Å². The van der Waals surface area contributed by atoms with Gasteiger partial charge in [-0.25, -0.2) is 4.74 Å². The van der Waals surface area contributed by atoms with Crippen LogP contribution in [-0.4, -0.2) is 27.9 Å². The molecule has 2 heterocycles. The first kappa shape index (κ1) is 20.3. The topological polar surface area (TPSA) is 28.5 Å². The van der Waals surface area contributed by atoms with E-state index in [1.54, 1.807) is 0 Å². The van der Waals surface area contributed by atoms with E-state index in [0.29, 0.717) is 0 Å². The summed E-state index contributed by atoms with van der Waals surface area (Å²) in [5.74, 6) is 0. The van der Waals surface area contributed by atoms with Gasteiger partial charge in [-0.2, -0.15) is 0 Å². The highest BCUT2D eigenvalue weighted by atomic mass is 31.2. The van der Waals surface area contributed by atoms with Crippen LogP contribution in [0.15, 0.2) is 71.7 Å². The zero-order valence-corrected chi connectivity index (χ0v) is 18.8. The average Bonchev–Trinajstić information content (AvgIpc) is 3.01. The molecular formula is C25H32N3P. The minimum atomic E-state index is -2.04. The molecule has 0 saturated carbocycles. The molecule has 1 aliphatic rings. The lowest BCUT2D eigenvalue weighted by atomic mass is 10.1. The Bertz CT molecular complexity index is 1010. The van der Waals surface area contributed by atoms with Crippen molar-refractivity contribution in [2.24, 2.45) is 4.74 Å². The van der Waals surface area contributed by atoms with Gasteiger partial charge in [-0.05, 0) is 36.4 Å². The Morgan fingerprint density at radius 1 is 0.828 bits per heavy atom. The van der Waals surface area contributed by atoms with Crippen molar-refractivity contribution >= 4 is 29.0 Å². The van der Waals surface area contributed by atoms with Crippen molar-refractivity contribution in [2.45, 2.75) is 51.6 Å². The number of aromatic nitrogens is 1. The number of rotatable bonds is 3. The van der Waals surface area contributed by atoms with Crippen LogP contribution in [0.3, 0.4) is 0 Å². The molecule has 29 heavy (non-hydrogen) atoms. The lowest BCUT2D eigenvalue weighted by molar-refractivity contribution is 0.457. The molecular weight excluding hydrogens is 373 g/mol. The van der Waals surface area contributed by atoms with Crippen LogP contribution in [0, 0.1) is 0 Å². The first-order valence-corrected chi connectivity index (χ1v) is 12.5. The van der Waals surface area contributed by atoms with Crippen LogP contribution >= 0.6 is 7.21 Å². The van der Waals surface area contributed by atoms with Crippen molar-refractivity contribution in [1.82, 2.24) is 9.65 Å². The summed E-state index contributed by atoms with van der Waals surface area (Å²) in [6, 6.07) is 19.6. The third-order valence-electron chi connectivity index (χ3n) is 5.97. The van der Waals surface area contributed by atoms with Crippen LogP contribution in [-0.2, 0) is 0 Å². The van der Waals surface area contributed by atoms with Gasteiger partial charge in [-0.3, -0.25) is 9.65 Å². The zero-order valence-electron chi connectivity index (χ0n) is 17.9.